The van der Waals surface area contributed by atoms with E-state index in [0.717, 1.165) is 12.2 Å². The average molecular weight is 165 g/mol. The molecule has 0 radical (unpaired) electrons. The minimum atomic E-state index is -0.245. The van der Waals surface area contributed by atoms with Gasteiger partial charge < -0.3 is 10.2 Å². The summed E-state index contributed by atoms with van der Waals surface area (Å²) in [5.41, 5.74) is 7.16. The Balaban J connectivity index is 2.50. The molecule has 1 aromatic rings. The molecule has 0 fully saturated rings. The van der Waals surface area contributed by atoms with Crippen LogP contribution < -0.4 is 5.73 Å². The van der Waals surface area contributed by atoms with Crippen LogP contribution in [0.5, 0.6) is 0 Å². The highest BCUT2D eigenvalue weighted by Gasteiger charge is 2.34. The van der Waals surface area contributed by atoms with Crippen molar-refractivity contribution in [2.45, 2.75) is 38.1 Å². The van der Waals surface area contributed by atoms with Crippen LogP contribution in [0.15, 0.2) is 16.7 Å². The molecule has 12 heavy (non-hydrogen) atoms. The lowest BCUT2D eigenvalue weighted by Crippen LogP contribution is -2.36. The third kappa shape index (κ3) is 0.985. The van der Waals surface area contributed by atoms with Gasteiger partial charge in [-0.3, -0.25) is 0 Å². The van der Waals surface area contributed by atoms with E-state index in [1.54, 1.807) is 6.26 Å². The molecule has 0 saturated carbocycles. The first-order valence-electron chi connectivity index (χ1n) is 4.48. The third-order valence-electron chi connectivity index (χ3n) is 2.84. The monoisotopic (exact) mass is 165 g/mol. The van der Waals surface area contributed by atoms with Crippen LogP contribution in [0, 0.1) is 0 Å². The number of hydrogen-bond donors (Lipinski definition) is 1. The van der Waals surface area contributed by atoms with Crippen molar-refractivity contribution in [3.63, 3.8) is 0 Å². The predicted octanol–water partition coefficient (Wildman–Crippen LogP) is 2.35. The molecule has 2 nitrogen and oxygen atoms in total. The van der Waals surface area contributed by atoms with E-state index in [9.17, 15) is 0 Å². The van der Waals surface area contributed by atoms with E-state index in [-0.39, 0.29) is 5.54 Å². The van der Waals surface area contributed by atoms with E-state index in [1.165, 1.54) is 12.0 Å². The average Bonchev–Trinajstić information content (AvgIpc) is 2.46. The Kier molecular flexibility index (Phi) is 1.55. The van der Waals surface area contributed by atoms with Crippen molar-refractivity contribution < 1.29 is 4.42 Å². The summed E-state index contributed by atoms with van der Waals surface area (Å²) in [7, 11) is 0. The van der Waals surface area contributed by atoms with Crippen LogP contribution in [-0.2, 0) is 5.54 Å². The van der Waals surface area contributed by atoms with Crippen LogP contribution in [0.3, 0.4) is 0 Å². The van der Waals surface area contributed by atoms with E-state index in [0.29, 0.717) is 5.92 Å². The molecule has 2 N–H and O–H groups in total. The number of hydrogen-bond acceptors (Lipinski definition) is 2. The molecule has 1 aromatic heterocycles. The highest BCUT2D eigenvalue weighted by atomic mass is 16.3. The second-order valence-electron chi connectivity index (χ2n) is 4.06. The lowest BCUT2D eigenvalue weighted by molar-refractivity contribution is 0.305. The molecule has 1 aliphatic rings. The molecule has 2 rings (SSSR count). The zero-order valence-corrected chi connectivity index (χ0v) is 7.63. The molecule has 2 unspecified atom stereocenters. The van der Waals surface area contributed by atoms with E-state index < -0.39 is 0 Å². The van der Waals surface area contributed by atoms with Crippen molar-refractivity contribution in [2.75, 3.05) is 0 Å². The van der Waals surface area contributed by atoms with Gasteiger partial charge in [-0.1, -0.05) is 6.92 Å². The number of nitrogens with two attached hydrogens (primary N) is 1. The molecule has 66 valence electrons. The summed E-state index contributed by atoms with van der Waals surface area (Å²) in [5, 5.41) is 0. The lowest BCUT2D eigenvalue weighted by Gasteiger charge is -2.31. The van der Waals surface area contributed by atoms with Gasteiger partial charge in [0.2, 0.25) is 0 Å². The lowest BCUT2D eigenvalue weighted by atomic mass is 9.78. The minimum absolute atomic E-state index is 0.245. The Hall–Kier alpha value is -0.760. The Labute approximate surface area is 72.7 Å². The summed E-state index contributed by atoms with van der Waals surface area (Å²) in [6.45, 7) is 4.27. The van der Waals surface area contributed by atoms with Gasteiger partial charge in [0.25, 0.3) is 0 Å². The maximum atomic E-state index is 6.10. The largest absolute Gasteiger partial charge is 0.467 e. The van der Waals surface area contributed by atoms with Gasteiger partial charge in [0.15, 0.2) is 0 Å². The molecule has 2 heteroatoms. The summed E-state index contributed by atoms with van der Waals surface area (Å²) in [6, 6.07) is 2.05. The molecule has 0 amide bonds. The quantitative estimate of drug-likeness (QED) is 0.641. The summed E-state index contributed by atoms with van der Waals surface area (Å²) in [5.74, 6) is 1.59. The predicted molar refractivity (Wildman–Crippen MR) is 47.9 cm³/mol. The van der Waals surface area contributed by atoms with Crippen LogP contribution in [0.1, 0.15) is 43.9 Å². The molecule has 0 saturated heterocycles. The number of fused-ring (bicyclic) bond motifs is 1. The van der Waals surface area contributed by atoms with Gasteiger partial charge in [-0.15, -0.1) is 0 Å². The maximum absolute atomic E-state index is 6.10. The second kappa shape index (κ2) is 2.36. The third-order valence-corrected chi connectivity index (χ3v) is 2.84. The molecular formula is C10H15NO. The number of rotatable bonds is 0. The second-order valence-corrected chi connectivity index (χ2v) is 4.06. The van der Waals surface area contributed by atoms with Gasteiger partial charge >= 0.3 is 0 Å². The first-order valence-corrected chi connectivity index (χ1v) is 4.48. The van der Waals surface area contributed by atoms with Crippen LogP contribution in [0.2, 0.25) is 0 Å². The van der Waals surface area contributed by atoms with E-state index in [2.05, 4.69) is 6.92 Å². The summed E-state index contributed by atoms with van der Waals surface area (Å²) < 4.78 is 5.42. The fourth-order valence-corrected chi connectivity index (χ4v) is 1.96. The summed E-state index contributed by atoms with van der Waals surface area (Å²) in [4.78, 5) is 0. The van der Waals surface area contributed by atoms with Crippen molar-refractivity contribution in [1.82, 2.24) is 0 Å². The van der Waals surface area contributed by atoms with Gasteiger partial charge in [-0.25, -0.2) is 0 Å². The van der Waals surface area contributed by atoms with Crippen LogP contribution >= 0.6 is 0 Å². The Morgan fingerprint density at radius 2 is 2.42 bits per heavy atom. The molecule has 0 bridgehead atoms. The summed E-state index contributed by atoms with van der Waals surface area (Å²) in [6.07, 6.45) is 3.94. The first kappa shape index (κ1) is 7.87. The molecule has 0 spiro atoms. The van der Waals surface area contributed by atoms with Gasteiger partial charge in [0.1, 0.15) is 5.76 Å². The standard InChI is InChI=1S/C10H15NO/c1-7-3-5-10(2,11)9-8(7)4-6-12-9/h4,6-7H,3,5,11H2,1-2H3. The Bertz CT molecular complexity index is 288. The first-order chi connectivity index (χ1) is 5.61. The SMILES string of the molecule is CC1CCC(C)(N)c2occc21. The van der Waals surface area contributed by atoms with Crippen molar-refractivity contribution in [3.8, 4) is 0 Å². The fraction of sp³-hybridized carbons (Fsp3) is 0.600. The van der Waals surface area contributed by atoms with Gasteiger partial charge in [0, 0.05) is 0 Å². The van der Waals surface area contributed by atoms with Crippen LogP contribution in [0.4, 0.5) is 0 Å². The summed E-state index contributed by atoms with van der Waals surface area (Å²) >= 11 is 0. The molecule has 2 atom stereocenters. The van der Waals surface area contributed by atoms with Gasteiger partial charge in [0.05, 0.1) is 11.8 Å². The molecule has 0 aromatic carbocycles. The Morgan fingerprint density at radius 3 is 3.08 bits per heavy atom. The molecule has 1 heterocycles. The molecular weight excluding hydrogens is 150 g/mol. The van der Waals surface area contributed by atoms with Crippen LogP contribution in [-0.4, -0.2) is 0 Å². The van der Waals surface area contributed by atoms with Crippen molar-refractivity contribution >= 4 is 0 Å². The zero-order chi connectivity index (χ0) is 8.77. The zero-order valence-electron chi connectivity index (χ0n) is 7.63. The van der Waals surface area contributed by atoms with Crippen molar-refractivity contribution in [2.24, 2.45) is 5.73 Å². The van der Waals surface area contributed by atoms with Gasteiger partial charge in [-0.05, 0) is 37.3 Å². The highest BCUT2D eigenvalue weighted by molar-refractivity contribution is 5.29. The van der Waals surface area contributed by atoms with E-state index >= 15 is 0 Å². The fourth-order valence-electron chi connectivity index (χ4n) is 1.96. The molecule has 0 aliphatic heterocycles. The molecule has 1 aliphatic carbocycles. The highest BCUT2D eigenvalue weighted by Crippen LogP contribution is 2.39. The van der Waals surface area contributed by atoms with Crippen molar-refractivity contribution in [3.05, 3.63) is 23.7 Å². The van der Waals surface area contributed by atoms with Crippen molar-refractivity contribution in [1.29, 1.82) is 0 Å². The normalized spacial score (nSPS) is 34.8. The minimum Gasteiger partial charge on any atom is -0.467 e. The van der Waals surface area contributed by atoms with E-state index in [1.807, 2.05) is 13.0 Å². The van der Waals surface area contributed by atoms with Crippen LogP contribution in [0.25, 0.3) is 0 Å². The van der Waals surface area contributed by atoms with E-state index in [4.69, 9.17) is 10.2 Å². The Morgan fingerprint density at radius 1 is 1.67 bits per heavy atom. The van der Waals surface area contributed by atoms with Gasteiger partial charge in [-0.2, -0.15) is 0 Å². The maximum Gasteiger partial charge on any atom is 0.126 e. The topological polar surface area (TPSA) is 39.2 Å². The smallest absolute Gasteiger partial charge is 0.126 e. The number of furan rings is 1.